The number of anilines is 2. The predicted octanol–water partition coefficient (Wildman–Crippen LogP) is 1.72. The summed E-state index contributed by atoms with van der Waals surface area (Å²) >= 11 is 0. The van der Waals surface area contributed by atoms with Crippen molar-refractivity contribution in [3.63, 3.8) is 0 Å². The molecule has 0 aliphatic rings. The maximum atomic E-state index is 11.8. The molecule has 1 unspecified atom stereocenters. The summed E-state index contributed by atoms with van der Waals surface area (Å²) in [5, 5.41) is 9.18. The topological polar surface area (TPSA) is 78.9 Å². The maximum absolute atomic E-state index is 11.8. The lowest BCUT2D eigenvalue weighted by Gasteiger charge is -2.18. The normalized spacial score (nSPS) is 11.8. The van der Waals surface area contributed by atoms with Crippen LogP contribution < -0.4 is 16.0 Å². The first-order valence-corrected chi connectivity index (χ1v) is 7.19. The van der Waals surface area contributed by atoms with Crippen LogP contribution in [0.2, 0.25) is 0 Å². The van der Waals surface area contributed by atoms with Crippen LogP contribution in [0.3, 0.4) is 0 Å². The third kappa shape index (κ3) is 4.08. The van der Waals surface area contributed by atoms with Crippen LogP contribution in [-0.4, -0.2) is 35.0 Å². The van der Waals surface area contributed by atoms with Gasteiger partial charge in [-0.1, -0.05) is 6.92 Å². The Morgan fingerprint density at radius 2 is 1.80 bits per heavy atom. The lowest BCUT2D eigenvalue weighted by atomic mass is 10.2. The Balaban J connectivity index is 2.98. The lowest BCUT2D eigenvalue weighted by molar-refractivity contribution is -0.121. The highest BCUT2D eigenvalue weighted by Gasteiger charge is 2.16. The number of hydrogen-bond acceptors (Lipinski definition) is 5. The molecule has 112 valence electrons. The second kappa shape index (κ2) is 7.67. The van der Waals surface area contributed by atoms with E-state index in [2.05, 4.69) is 25.9 Å². The van der Waals surface area contributed by atoms with Gasteiger partial charge in [0.25, 0.3) is 0 Å². The summed E-state index contributed by atoms with van der Waals surface area (Å²) in [5.74, 6) is 2.27. The summed E-state index contributed by atoms with van der Waals surface area (Å²) in [6.07, 6.45) is 0.753. The third-order valence-electron chi connectivity index (χ3n) is 2.95. The number of hydrogen-bond donors (Lipinski definition) is 3. The van der Waals surface area contributed by atoms with Crippen molar-refractivity contribution in [2.24, 2.45) is 0 Å². The van der Waals surface area contributed by atoms with Crippen molar-refractivity contribution < 1.29 is 4.79 Å². The molecule has 0 bridgehead atoms. The van der Waals surface area contributed by atoms with Gasteiger partial charge < -0.3 is 16.0 Å². The number of carbonyl (C=O) groups excluding carboxylic acids is 1. The van der Waals surface area contributed by atoms with E-state index < -0.39 is 0 Å². The zero-order chi connectivity index (χ0) is 15.1. The molecule has 6 heteroatoms. The summed E-state index contributed by atoms with van der Waals surface area (Å²) in [4.78, 5) is 20.7. The van der Waals surface area contributed by atoms with Gasteiger partial charge in [-0.05, 0) is 27.7 Å². The second-order valence-electron chi connectivity index (χ2n) is 4.61. The molecular formula is C14H25N5O. The molecule has 0 fully saturated rings. The molecule has 1 amide bonds. The SMILES string of the molecule is CCNC(=O)C(C)Nc1nc(CC)nc(NCC)c1C. The number of rotatable bonds is 7. The van der Waals surface area contributed by atoms with Crippen LogP contribution in [0.25, 0.3) is 0 Å². The number of nitrogens with zero attached hydrogens (tertiary/aromatic N) is 2. The van der Waals surface area contributed by atoms with Crippen LogP contribution in [0.5, 0.6) is 0 Å². The molecule has 0 aromatic carbocycles. The highest BCUT2D eigenvalue weighted by Crippen LogP contribution is 2.20. The summed E-state index contributed by atoms with van der Waals surface area (Å²) in [6, 6.07) is -0.331. The summed E-state index contributed by atoms with van der Waals surface area (Å²) in [6.45, 7) is 11.1. The summed E-state index contributed by atoms with van der Waals surface area (Å²) in [5.41, 5.74) is 0.931. The van der Waals surface area contributed by atoms with Gasteiger partial charge in [-0.15, -0.1) is 0 Å². The molecule has 0 spiro atoms. The van der Waals surface area contributed by atoms with Crippen LogP contribution in [0.1, 0.15) is 39.1 Å². The van der Waals surface area contributed by atoms with Gasteiger partial charge in [-0.3, -0.25) is 4.79 Å². The van der Waals surface area contributed by atoms with Crippen molar-refractivity contribution in [1.82, 2.24) is 15.3 Å². The molecule has 1 heterocycles. The predicted molar refractivity (Wildman–Crippen MR) is 82.1 cm³/mol. The van der Waals surface area contributed by atoms with Gasteiger partial charge in [0, 0.05) is 25.1 Å². The molecule has 0 aliphatic carbocycles. The van der Waals surface area contributed by atoms with Crippen molar-refractivity contribution in [1.29, 1.82) is 0 Å². The fourth-order valence-electron chi connectivity index (χ4n) is 1.80. The molecule has 1 atom stereocenters. The minimum absolute atomic E-state index is 0.0337. The van der Waals surface area contributed by atoms with E-state index >= 15 is 0 Å². The van der Waals surface area contributed by atoms with Gasteiger partial charge in [0.05, 0.1) is 0 Å². The number of likely N-dealkylation sites (N-methyl/N-ethyl adjacent to an activating group) is 1. The average molecular weight is 279 g/mol. The zero-order valence-corrected chi connectivity index (χ0v) is 13.0. The van der Waals surface area contributed by atoms with Crippen LogP contribution >= 0.6 is 0 Å². The Kier molecular flexibility index (Phi) is 6.21. The first-order valence-electron chi connectivity index (χ1n) is 7.19. The molecule has 3 N–H and O–H groups in total. The first kappa shape index (κ1) is 16.2. The quantitative estimate of drug-likeness (QED) is 0.708. The molecular weight excluding hydrogens is 254 g/mol. The molecule has 0 radical (unpaired) electrons. The Labute approximate surface area is 120 Å². The zero-order valence-electron chi connectivity index (χ0n) is 13.0. The minimum Gasteiger partial charge on any atom is -0.370 e. The van der Waals surface area contributed by atoms with Crippen LogP contribution in [0, 0.1) is 6.92 Å². The minimum atomic E-state index is -0.331. The molecule has 0 aliphatic heterocycles. The fourth-order valence-corrected chi connectivity index (χ4v) is 1.80. The highest BCUT2D eigenvalue weighted by molar-refractivity contribution is 5.84. The number of carbonyl (C=O) groups is 1. The standard InChI is InChI=1S/C14H25N5O/c1-6-11-18-12(15-7-2)9(4)13(19-11)17-10(5)14(20)16-8-3/h10H,6-8H2,1-5H3,(H,16,20)(H2,15,17,18,19). The van der Waals surface area contributed by atoms with Crippen molar-refractivity contribution in [3.05, 3.63) is 11.4 Å². The molecule has 0 saturated carbocycles. The summed E-state index contributed by atoms with van der Waals surface area (Å²) < 4.78 is 0. The number of aromatic nitrogens is 2. The van der Waals surface area contributed by atoms with Crippen molar-refractivity contribution in [2.75, 3.05) is 23.7 Å². The molecule has 1 rings (SSSR count). The van der Waals surface area contributed by atoms with Crippen molar-refractivity contribution in [3.8, 4) is 0 Å². The van der Waals surface area contributed by atoms with Gasteiger partial charge in [-0.2, -0.15) is 0 Å². The van der Waals surface area contributed by atoms with Gasteiger partial charge in [-0.25, -0.2) is 9.97 Å². The maximum Gasteiger partial charge on any atom is 0.242 e. The largest absolute Gasteiger partial charge is 0.370 e. The molecule has 1 aromatic heterocycles. The Bertz CT molecular complexity index is 461. The number of aryl methyl sites for hydroxylation is 1. The molecule has 20 heavy (non-hydrogen) atoms. The molecule has 1 aromatic rings. The fraction of sp³-hybridized carbons (Fsp3) is 0.643. The number of amides is 1. The van der Waals surface area contributed by atoms with Crippen LogP contribution in [-0.2, 0) is 11.2 Å². The van der Waals surface area contributed by atoms with E-state index in [1.165, 1.54) is 0 Å². The van der Waals surface area contributed by atoms with Gasteiger partial charge in [0.2, 0.25) is 5.91 Å². The second-order valence-corrected chi connectivity index (χ2v) is 4.61. The van der Waals surface area contributed by atoms with Gasteiger partial charge in [0.15, 0.2) is 0 Å². The Morgan fingerprint density at radius 1 is 1.15 bits per heavy atom. The van der Waals surface area contributed by atoms with Crippen molar-refractivity contribution >= 4 is 17.5 Å². The first-order chi connectivity index (χ1) is 9.53. The van der Waals surface area contributed by atoms with Gasteiger partial charge in [0.1, 0.15) is 23.5 Å². The van der Waals surface area contributed by atoms with E-state index in [-0.39, 0.29) is 11.9 Å². The Hall–Kier alpha value is -1.85. The van der Waals surface area contributed by atoms with E-state index in [0.717, 1.165) is 30.2 Å². The van der Waals surface area contributed by atoms with Crippen LogP contribution in [0.15, 0.2) is 0 Å². The van der Waals surface area contributed by atoms with Crippen LogP contribution in [0.4, 0.5) is 11.6 Å². The van der Waals surface area contributed by atoms with Gasteiger partial charge >= 0.3 is 0 Å². The van der Waals surface area contributed by atoms with E-state index in [1.807, 2.05) is 34.6 Å². The Morgan fingerprint density at radius 3 is 2.35 bits per heavy atom. The van der Waals surface area contributed by atoms with E-state index in [9.17, 15) is 4.79 Å². The molecule has 6 nitrogen and oxygen atoms in total. The lowest BCUT2D eigenvalue weighted by Crippen LogP contribution is -2.37. The third-order valence-corrected chi connectivity index (χ3v) is 2.95. The van der Waals surface area contributed by atoms with E-state index in [1.54, 1.807) is 0 Å². The average Bonchev–Trinajstić information content (AvgIpc) is 2.43. The van der Waals surface area contributed by atoms with E-state index in [0.29, 0.717) is 12.4 Å². The number of nitrogens with one attached hydrogen (secondary N) is 3. The summed E-state index contributed by atoms with van der Waals surface area (Å²) in [7, 11) is 0. The monoisotopic (exact) mass is 279 g/mol. The van der Waals surface area contributed by atoms with E-state index in [4.69, 9.17) is 0 Å². The molecule has 0 saturated heterocycles. The van der Waals surface area contributed by atoms with Crippen molar-refractivity contribution in [2.45, 2.75) is 47.1 Å². The smallest absolute Gasteiger partial charge is 0.242 e. The highest BCUT2D eigenvalue weighted by atomic mass is 16.2.